The van der Waals surface area contributed by atoms with Crippen LogP contribution >= 0.6 is 0 Å². The van der Waals surface area contributed by atoms with E-state index in [2.05, 4.69) is 19.2 Å². The molecule has 0 bridgehead atoms. The number of para-hydroxylation sites is 1. The minimum absolute atomic E-state index is 0.0770. The fourth-order valence-corrected chi connectivity index (χ4v) is 5.09. The molecule has 0 unspecified atom stereocenters. The molecule has 0 spiro atoms. The minimum atomic E-state index is -3.83. The van der Waals surface area contributed by atoms with Crippen molar-refractivity contribution in [1.29, 1.82) is 0 Å². The molecule has 0 aliphatic heterocycles. The van der Waals surface area contributed by atoms with Gasteiger partial charge in [-0.05, 0) is 49.2 Å². The zero-order valence-electron chi connectivity index (χ0n) is 23.3. The molecular weight excluding hydrogens is 516 g/mol. The van der Waals surface area contributed by atoms with Crippen molar-refractivity contribution >= 4 is 39.0 Å². The van der Waals surface area contributed by atoms with Crippen molar-refractivity contribution in [3.63, 3.8) is 0 Å². The highest BCUT2D eigenvalue weighted by molar-refractivity contribution is 7.87. The van der Waals surface area contributed by atoms with E-state index >= 15 is 0 Å². The second kappa shape index (κ2) is 13.4. The van der Waals surface area contributed by atoms with Gasteiger partial charge in [0, 0.05) is 49.9 Å². The first-order chi connectivity index (χ1) is 18.6. The van der Waals surface area contributed by atoms with E-state index in [1.807, 2.05) is 0 Å². The SMILES string of the molecule is CCCCN(CCCC)C(=O)C(=Cc1cn(S(=O)(=O)N(C)C)c2ccccc12)NC(=O)c1ccc(OC)cc1. The van der Waals surface area contributed by atoms with Gasteiger partial charge in [0.05, 0.1) is 12.6 Å². The summed E-state index contributed by atoms with van der Waals surface area (Å²) in [5.74, 6) is -0.155. The number of nitrogens with one attached hydrogen (secondary N) is 1. The van der Waals surface area contributed by atoms with Gasteiger partial charge < -0.3 is 15.0 Å². The van der Waals surface area contributed by atoms with Gasteiger partial charge in [0.25, 0.3) is 11.8 Å². The Labute approximate surface area is 231 Å². The number of hydrogen-bond donors (Lipinski definition) is 1. The van der Waals surface area contributed by atoms with Crippen LogP contribution in [0.5, 0.6) is 5.75 Å². The van der Waals surface area contributed by atoms with Crippen LogP contribution in [-0.2, 0) is 15.0 Å². The van der Waals surface area contributed by atoms with Gasteiger partial charge in [-0.25, -0.2) is 3.97 Å². The number of carbonyl (C=O) groups is 2. The largest absolute Gasteiger partial charge is 0.497 e. The van der Waals surface area contributed by atoms with E-state index in [0.29, 0.717) is 40.9 Å². The lowest BCUT2D eigenvalue weighted by molar-refractivity contribution is -0.127. The maximum absolute atomic E-state index is 13.9. The summed E-state index contributed by atoms with van der Waals surface area (Å²) in [4.78, 5) is 28.9. The summed E-state index contributed by atoms with van der Waals surface area (Å²) in [5, 5.41) is 3.45. The summed E-state index contributed by atoms with van der Waals surface area (Å²) in [6, 6.07) is 13.7. The van der Waals surface area contributed by atoms with Crippen LogP contribution in [-0.4, -0.2) is 67.7 Å². The fraction of sp³-hybridized carbons (Fsp3) is 0.379. The van der Waals surface area contributed by atoms with Crippen LogP contribution in [0, 0.1) is 0 Å². The lowest BCUT2D eigenvalue weighted by atomic mass is 10.1. The molecule has 10 heteroatoms. The van der Waals surface area contributed by atoms with E-state index in [4.69, 9.17) is 4.74 Å². The molecule has 0 aliphatic carbocycles. The van der Waals surface area contributed by atoms with Crippen molar-refractivity contribution in [1.82, 2.24) is 18.5 Å². The molecule has 0 fully saturated rings. The molecule has 0 saturated carbocycles. The number of unbranched alkanes of at least 4 members (excludes halogenated alkanes) is 2. The zero-order valence-corrected chi connectivity index (χ0v) is 24.1. The van der Waals surface area contributed by atoms with Gasteiger partial charge in [0.1, 0.15) is 11.4 Å². The van der Waals surface area contributed by atoms with Crippen LogP contribution in [0.25, 0.3) is 17.0 Å². The van der Waals surface area contributed by atoms with Gasteiger partial charge in [-0.15, -0.1) is 0 Å². The van der Waals surface area contributed by atoms with E-state index in [0.717, 1.165) is 30.0 Å². The highest BCUT2D eigenvalue weighted by Gasteiger charge is 2.24. The molecule has 1 heterocycles. The van der Waals surface area contributed by atoms with Gasteiger partial charge in [-0.1, -0.05) is 44.9 Å². The first kappa shape index (κ1) is 29.9. The van der Waals surface area contributed by atoms with Crippen LogP contribution in [0.4, 0.5) is 0 Å². The number of rotatable bonds is 13. The van der Waals surface area contributed by atoms with Crippen molar-refractivity contribution in [2.24, 2.45) is 0 Å². The van der Waals surface area contributed by atoms with Crippen LogP contribution in [0.3, 0.4) is 0 Å². The summed E-state index contributed by atoms with van der Waals surface area (Å²) >= 11 is 0. The number of carbonyl (C=O) groups excluding carboxylic acids is 2. The number of ether oxygens (including phenoxy) is 1. The second-order valence-electron chi connectivity index (χ2n) is 9.43. The fourth-order valence-electron chi connectivity index (χ4n) is 4.08. The van der Waals surface area contributed by atoms with Gasteiger partial charge in [-0.2, -0.15) is 12.7 Å². The summed E-state index contributed by atoms with van der Waals surface area (Å²) in [5.41, 5.74) is 1.41. The molecule has 9 nitrogen and oxygen atoms in total. The Hall–Kier alpha value is -3.63. The Bertz CT molecular complexity index is 1420. The number of fused-ring (bicyclic) bond motifs is 1. The van der Waals surface area contributed by atoms with Crippen molar-refractivity contribution in [3.05, 3.63) is 71.6 Å². The maximum atomic E-state index is 13.9. The van der Waals surface area contributed by atoms with E-state index in [-0.39, 0.29) is 11.6 Å². The first-order valence-corrected chi connectivity index (χ1v) is 14.5. The summed E-state index contributed by atoms with van der Waals surface area (Å²) in [6.07, 6.45) is 6.55. The van der Waals surface area contributed by atoms with Crippen LogP contribution in [0.15, 0.2) is 60.4 Å². The molecule has 2 aromatic carbocycles. The highest BCUT2D eigenvalue weighted by Crippen LogP contribution is 2.26. The van der Waals surface area contributed by atoms with Gasteiger partial charge in [0.15, 0.2) is 0 Å². The number of nitrogens with zero attached hydrogens (tertiary/aromatic N) is 3. The van der Waals surface area contributed by atoms with E-state index < -0.39 is 16.1 Å². The summed E-state index contributed by atoms with van der Waals surface area (Å²) in [6.45, 7) is 5.24. The lowest BCUT2D eigenvalue weighted by Crippen LogP contribution is -2.39. The van der Waals surface area contributed by atoms with Gasteiger partial charge in [0.2, 0.25) is 0 Å². The van der Waals surface area contributed by atoms with Crippen LogP contribution < -0.4 is 10.1 Å². The molecular formula is C29H38N4O5S. The predicted molar refractivity (Wildman–Crippen MR) is 155 cm³/mol. The predicted octanol–water partition coefficient (Wildman–Crippen LogP) is 4.50. The Balaban J connectivity index is 2.13. The average Bonchev–Trinajstić information content (AvgIpc) is 3.31. The Morgan fingerprint density at radius 1 is 0.974 bits per heavy atom. The van der Waals surface area contributed by atoms with Crippen molar-refractivity contribution in [2.45, 2.75) is 39.5 Å². The average molecular weight is 555 g/mol. The number of methoxy groups -OCH3 is 1. The summed E-state index contributed by atoms with van der Waals surface area (Å²) in [7, 11) is 0.641. The van der Waals surface area contributed by atoms with E-state index in [1.165, 1.54) is 24.3 Å². The second-order valence-corrected chi connectivity index (χ2v) is 11.4. The molecule has 1 aromatic heterocycles. The Kier molecular flexibility index (Phi) is 10.3. The van der Waals surface area contributed by atoms with E-state index in [1.54, 1.807) is 66.6 Å². The molecule has 0 atom stereocenters. The maximum Gasteiger partial charge on any atom is 0.307 e. The molecule has 0 saturated heterocycles. The molecule has 39 heavy (non-hydrogen) atoms. The summed E-state index contributed by atoms with van der Waals surface area (Å²) < 4.78 is 33.6. The normalized spacial score (nSPS) is 12.1. The third-order valence-electron chi connectivity index (χ3n) is 6.40. The van der Waals surface area contributed by atoms with Crippen LogP contribution in [0.2, 0.25) is 0 Å². The molecule has 1 N–H and O–H groups in total. The van der Waals surface area contributed by atoms with Gasteiger partial charge in [-0.3, -0.25) is 9.59 Å². The molecule has 210 valence electrons. The molecule has 3 aromatic rings. The third-order valence-corrected chi connectivity index (χ3v) is 8.12. The zero-order chi connectivity index (χ0) is 28.6. The van der Waals surface area contributed by atoms with E-state index in [9.17, 15) is 18.0 Å². The molecule has 3 rings (SSSR count). The number of amides is 2. The van der Waals surface area contributed by atoms with Crippen molar-refractivity contribution < 1.29 is 22.7 Å². The van der Waals surface area contributed by atoms with Gasteiger partial charge >= 0.3 is 10.2 Å². The Morgan fingerprint density at radius 2 is 1.59 bits per heavy atom. The number of benzene rings is 2. The monoisotopic (exact) mass is 554 g/mol. The van der Waals surface area contributed by atoms with Crippen LogP contribution in [0.1, 0.15) is 55.5 Å². The molecule has 0 radical (unpaired) electrons. The smallest absolute Gasteiger partial charge is 0.307 e. The lowest BCUT2D eigenvalue weighted by Gasteiger charge is -2.24. The molecule has 2 amide bonds. The molecule has 0 aliphatic rings. The number of hydrogen-bond acceptors (Lipinski definition) is 5. The van der Waals surface area contributed by atoms with Crippen molar-refractivity contribution in [2.75, 3.05) is 34.3 Å². The number of aromatic nitrogens is 1. The van der Waals surface area contributed by atoms with Crippen molar-refractivity contribution in [3.8, 4) is 5.75 Å². The Morgan fingerprint density at radius 3 is 2.15 bits per heavy atom. The minimum Gasteiger partial charge on any atom is -0.497 e. The quantitative estimate of drug-likeness (QED) is 0.314. The highest BCUT2D eigenvalue weighted by atomic mass is 32.2. The third kappa shape index (κ3) is 7.07. The topological polar surface area (TPSA) is 101 Å². The standard InChI is InChI=1S/C29H38N4O5S/c1-6-8-18-32(19-9-7-2)29(35)26(30-28(34)22-14-16-24(38-5)17-15-22)20-23-21-33(39(36,37)31(3)4)27-13-11-10-12-25(23)27/h10-17,20-21H,6-9,18-19H2,1-5H3,(H,30,34). The first-order valence-electron chi connectivity index (χ1n) is 13.1.